The molecule has 0 N–H and O–H groups in total. The molecule has 0 aliphatic carbocycles. The van der Waals surface area contributed by atoms with Crippen LogP contribution in [0.1, 0.15) is 92.1 Å². The number of benzene rings is 10. The van der Waals surface area contributed by atoms with E-state index in [1.54, 1.807) is 249 Å². The Morgan fingerprint density at radius 2 is 0.767 bits per heavy atom. The number of para-hydroxylation sites is 4. The highest BCUT2D eigenvalue weighted by molar-refractivity contribution is 6.39. The van der Waals surface area contributed by atoms with Gasteiger partial charge in [0.2, 0.25) is 5.79 Å². The number of carbonyl (C=O) groups is 4. The van der Waals surface area contributed by atoms with Crippen LogP contribution in [0.25, 0.3) is 0 Å². The van der Waals surface area contributed by atoms with Crippen LogP contribution in [0, 0.1) is 22.7 Å². The minimum absolute atomic E-state index is 0.197. The molecule has 0 aromatic heterocycles. The van der Waals surface area contributed by atoms with E-state index >= 15 is 0 Å². The standard InChI is InChI=1S/C72H46N6O8/c73-45-54-17-13-15-27-62(54)66-76-65(49-31-35-51(36-32-49)68(80)84-59-21-7-2-8-22-59)71(56-41-37-52(38-42-56)69(81)85-60-23-9-3-10-24-60,57-43-39-53(40-44-57)70(82)86-61-25-11-4-12-26-61)78(66)72(63-28-16-14-18-55(63)46-74)75-47-64(77-72)48-29-33-50(34-30-48)67(79)83-58-19-5-1-6-20-58/h1-44,47,66H. The number of hydrogen-bond donors (Lipinski definition) is 0. The van der Waals surface area contributed by atoms with Crippen LogP contribution in [-0.2, 0) is 11.3 Å². The van der Waals surface area contributed by atoms with E-state index in [4.69, 9.17) is 33.9 Å². The molecule has 0 saturated carbocycles. The van der Waals surface area contributed by atoms with Crippen molar-refractivity contribution in [1.82, 2.24) is 4.90 Å². The van der Waals surface area contributed by atoms with Crippen LogP contribution < -0.4 is 18.9 Å². The lowest BCUT2D eigenvalue weighted by Crippen LogP contribution is -2.57. The molecule has 2 aliphatic heterocycles. The molecule has 2 atom stereocenters. The molecule has 10 aromatic rings. The number of nitriles is 2. The van der Waals surface area contributed by atoms with Gasteiger partial charge < -0.3 is 18.9 Å². The molecule has 14 heteroatoms. The summed E-state index contributed by atoms with van der Waals surface area (Å²) in [6, 6.07) is 80.6. The first-order valence-electron chi connectivity index (χ1n) is 27.2. The SMILES string of the molecule is N#Cc1ccccc1C1N=C(c2ccc(C(=O)Oc3ccccc3)cc2)C(c2ccc(C(=O)Oc3ccccc3)cc2)(c2ccc(C(=O)Oc3ccccc3)cc2)N1C1(c2ccccc2C#N)N=CC(c2ccc(C(=O)Oc3ccccc3)cc2)=N1. The van der Waals surface area contributed by atoms with Gasteiger partial charge in [0.25, 0.3) is 0 Å². The highest BCUT2D eigenvalue weighted by atomic mass is 16.5. The van der Waals surface area contributed by atoms with E-state index in [9.17, 15) is 29.7 Å². The summed E-state index contributed by atoms with van der Waals surface area (Å²) in [4.78, 5) is 74.2. The summed E-state index contributed by atoms with van der Waals surface area (Å²) in [6.07, 6.45) is 0.385. The van der Waals surface area contributed by atoms with Crippen LogP contribution in [0.3, 0.4) is 0 Å². The molecule has 2 aliphatic rings. The van der Waals surface area contributed by atoms with Crippen LogP contribution in [0.4, 0.5) is 0 Å². The number of carbonyl (C=O) groups excluding carboxylic acids is 4. The van der Waals surface area contributed by atoms with Crippen molar-refractivity contribution in [2.45, 2.75) is 17.5 Å². The molecule has 412 valence electrons. The quantitative estimate of drug-likeness (QED) is 0.0700. The van der Waals surface area contributed by atoms with Crippen molar-refractivity contribution < 1.29 is 38.1 Å². The van der Waals surface area contributed by atoms with Gasteiger partial charge in [0.05, 0.1) is 63.2 Å². The maximum absolute atomic E-state index is 14.1. The van der Waals surface area contributed by atoms with Gasteiger partial charge >= 0.3 is 23.9 Å². The van der Waals surface area contributed by atoms with Gasteiger partial charge in [-0.1, -0.05) is 158 Å². The smallest absolute Gasteiger partial charge is 0.343 e. The highest BCUT2D eigenvalue weighted by Gasteiger charge is 2.63. The molecule has 86 heavy (non-hydrogen) atoms. The van der Waals surface area contributed by atoms with Gasteiger partial charge in [-0.2, -0.15) is 10.5 Å². The summed E-state index contributed by atoms with van der Waals surface area (Å²) in [5, 5.41) is 22.3. The lowest BCUT2D eigenvalue weighted by atomic mass is 9.73. The molecule has 0 radical (unpaired) electrons. The summed E-state index contributed by atoms with van der Waals surface area (Å²) in [7, 11) is 0. The number of ether oxygens (including phenoxy) is 4. The molecular formula is C72H46N6O8. The Morgan fingerprint density at radius 3 is 1.19 bits per heavy atom. The van der Waals surface area contributed by atoms with Gasteiger partial charge in [-0.25, -0.2) is 34.1 Å². The lowest BCUT2D eigenvalue weighted by Gasteiger charge is -2.49. The van der Waals surface area contributed by atoms with Gasteiger partial charge in [0.1, 0.15) is 34.7 Å². The van der Waals surface area contributed by atoms with E-state index in [1.807, 2.05) is 29.2 Å². The predicted octanol–water partition coefficient (Wildman–Crippen LogP) is 13.4. The molecule has 2 heterocycles. The van der Waals surface area contributed by atoms with E-state index in [1.165, 1.54) is 0 Å². The zero-order chi connectivity index (χ0) is 59.0. The first-order valence-corrected chi connectivity index (χ1v) is 27.2. The van der Waals surface area contributed by atoms with Crippen LogP contribution >= 0.6 is 0 Å². The molecule has 0 bridgehead atoms. The number of hydrogen-bond acceptors (Lipinski definition) is 14. The monoisotopic (exact) mass is 1120 g/mol. The van der Waals surface area contributed by atoms with Crippen molar-refractivity contribution in [2.24, 2.45) is 15.0 Å². The minimum atomic E-state index is -2.00. The molecule has 0 saturated heterocycles. The Morgan fingerprint density at radius 1 is 0.407 bits per heavy atom. The maximum Gasteiger partial charge on any atom is 0.343 e. The number of esters is 4. The third-order valence-electron chi connectivity index (χ3n) is 14.6. The molecule has 2 unspecified atom stereocenters. The second-order valence-corrected chi connectivity index (χ2v) is 19.8. The average Bonchev–Trinajstić information content (AvgIpc) is 1.49. The topological polar surface area (TPSA) is 193 Å². The van der Waals surface area contributed by atoms with Crippen LogP contribution in [-0.4, -0.2) is 46.4 Å². The van der Waals surface area contributed by atoms with Crippen LogP contribution in [0.5, 0.6) is 23.0 Å². The van der Waals surface area contributed by atoms with Gasteiger partial charge in [0.15, 0.2) is 0 Å². The Balaban J connectivity index is 1.12. The fraction of sp³-hybridized carbons (Fsp3) is 0.0417. The largest absolute Gasteiger partial charge is 0.423 e. The minimum Gasteiger partial charge on any atom is -0.423 e. The zero-order valence-corrected chi connectivity index (χ0v) is 45.5. The third-order valence-corrected chi connectivity index (χ3v) is 14.6. The number of rotatable bonds is 15. The summed E-state index contributed by atoms with van der Waals surface area (Å²) < 4.78 is 23.1. The van der Waals surface area contributed by atoms with Crippen molar-refractivity contribution in [3.63, 3.8) is 0 Å². The lowest BCUT2D eigenvalue weighted by molar-refractivity contribution is 0.0128. The highest BCUT2D eigenvalue weighted by Crippen LogP contribution is 2.58. The van der Waals surface area contributed by atoms with E-state index in [-0.39, 0.29) is 33.4 Å². The van der Waals surface area contributed by atoms with Crippen molar-refractivity contribution in [3.8, 4) is 35.1 Å². The Kier molecular flexibility index (Phi) is 15.1. The molecule has 0 fully saturated rings. The van der Waals surface area contributed by atoms with Crippen LogP contribution in [0.15, 0.2) is 282 Å². The Hall–Kier alpha value is -12.0. The molecule has 0 spiro atoms. The van der Waals surface area contributed by atoms with Gasteiger partial charge in [-0.3, -0.25) is 4.99 Å². The van der Waals surface area contributed by atoms with E-state index in [2.05, 4.69) is 12.1 Å². The van der Waals surface area contributed by atoms with Gasteiger partial charge in [0, 0.05) is 16.7 Å². The van der Waals surface area contributed by atoms with Crippen molar-refractivity contribution >= 4 is 41.5 Å². The second-order valence-electron chi connectivity index (χ2n) is 19.8. The van der Waals surface area contributed by atoms with Crippen molar-refractivity contribution in [3.05, 3.63) is 334 Å². The first kappa shape index (κ1) is 54.6. The zero-order valence-electron chi connectivity index (χ0n) is 45.5. The Bertz CT molecular complexity index is 4280. The molecule has 14 nitrogen and oxygen atoms in total. The summed E-state index contributed by atoms with van der Waals surface area (Å²) in [5.74, 6) is -3.06. The first-order chi connectivity index (χ1) is 42.1. The van der Waals surface area contributed by atoms with Gasteiger partial charge in [-0.15, -0.1) is 0 Å². The number of nitrogens with zero attached hydrogens (tertiary/aromatic N) is 6. The summed E-state index contributed by atoms with van der Waals surface area (Å²) in [5.41, 5.74) is 2.97. The molecule has 12 rings (SSSR count). The fourth-order valence-electron chi connectivity index (χ4n) is 10.6. The normalized spacial score (nSPS) is 15.7. The molecular weight excluding hydrogens is 1080 g/mol. The number of aliphatic imine (C=N–C) groups is 3. The third kappa shape index (κ3) is 10.6. The molecule has 0 amide bonds. The van der Waals surface area contributed by atoms with Crippen molar-refractivity contribution in [1.29, 1.82) is 10.5 Å². The second kappa shape index (κ2) is 23.9. The fourth-order valence-corrected chi connectivity index (χ4v) is 10.6. The summed E-state index contributed by atoms with van der Waals surface area (Å²) in [6.45, 7) is 0. The maximum atomic E-state index is 14.1. The van der Waals surface area contributed by atoms with Crippen molar-refractivity contribution in [2.75, 3.05) is 0 Å². The Labute approximate surface area is 494 Å². The van der Waals surface area contributed by atoms with Gasteiger partial charge in [-0.05, 0) is 126 Å². The predicted molar refractivity (Wildman–Crippen MR) is 322 cm³/mol. The van der Waals surface area contributed by atoms with E-state index in [0.717, 1.165) is 0 Å². The van der Waals surface area contributed by atoms with E-state index in [0.29, 0.717) is 67.8 Å². The van der Waals surface area contributed by atoms with E-state index < -0.39 is 41.4 Å². The molecule has 10 aromatic carbocycles. The summed E-state index contributed by atoms with van der Waals surface area (Å²) >= 11 is 0. The van der Waals surface area contributed by atoms with Crippen LogP contribution in [0.2, 0.25) is 0 Å². The average molecular weight is 1120 g/mol.